The predicted molar refractivity (Wildman–Crippen MR) is 73.2 cm³/mol. The summed E-state index contributed by atoms with van der Waals surface area (Å²) in [6.07, 6.45) is 1.77. The first-order chi connectivity index (χ1) is 9.33. The molecule has 4 nitrogen and oxygen atoms in total. The lowest BCUT2D eigenvalue weighted by Gasteiger charge is -2.34. The number of aromatic nitrogens is 1. The predicted octanol–water partition coefficient (Wildman–Crippen LogP) is 2.37. The molecule has 0 spiro atoms. The minimum atomic E-state index is -0.0251. The van der Waals surface area contributed by atoms with Crippen LogP contribution in [0.15, 0.2) is 48.7 Å². The van der Waals surface area contributed by atoms with Crippen molar-refractivity contribution in [2.75, 3.05) is 24.6 Å². The third kappa shape index (κ3) is 2.69. The van der Waals surface area contributed by atoms with Crippen LogP contribution < -0.4 is 4.90 Å². The molecular weight excluding hydrogens is 240 g/mol. The summed E-state index contributed by atoms with van der Waals surface area (Å²) in [7, 11) is 0. The van der Waals surface area contributed by atoms with E-state index in [1.165, 1.54) is 0 Å². The summed E-state index contributed by atoms with van der Waals surface area (Å²) in [4.78, 5) is 6.58. The topological polar surface area (TPSA) is 45.6 Å². The Morgan fingerprint density at radius 3 is 2.95 bits per heavy atom. The summed E-state index contributed by atoms with van der Waals surface area (Å²) in [5.74, 6) is 1.24. The normalized spacial score (nSPS) is 19.4. The summed E-state index contributed by atoms with van der Waals surface area (Å²) >= 11 is 0. The van der Waals surface area contributed by atoms with Gasteiger partial charge in [-0.3, -0.25) is 0 Å². The van der Waals surface area contributed by atoms with Crippen LogP contribution in [0.1, 0.15) is 11.7 Å². The zero-order valence-corrected chi connectivity index (χ0v) is 10.6. The molecule has 1 aromatic heterocycles. The molecule has 1 atom stereocenters. The van der Waals surface area contributed by atoms with Gasteiger partial charge in [-0.15, -0.1) is 0 Å². The van der Waals surface area contributed by atoms with Crippen LogP contribution in [0.25, 0.3) is 0 Å². The standard InChI is InChI=1S/C15H16N2O2/c18-13-5-3-4-12(10-13)14-11-17(8-9-19-14)15-6-1-2-7-16-15/h1-7,10,14,18H,8-9,11H2/t14-/m0/s1. The van der Waals surface area contributed by atoms with E-state index in [4.69, 9.17) is 4.74 Å². The fourth-order valence-corrected chi connectivity index (χ4v) is 2.32. The van der Waals surface area contributed by atoms with E-state index in [0.717, 1.165) is 24.5 Å². The van der Waals surface area contributed by atoms with E-state index in [-0.39, 0.29) is 11.9 Å². The first kappa shape index (κ1) is 12.0. The second kappa shape index (κ2) is 5.28. The highest BCUT2D eigenvalue weighted by molar-refractivity contribution is 5.39. The number of phenols is 1. The van der Waals surface area contributed by atoms with Crippen molar-refractivity contribution in [1.82, 2.24) is 4.98 Å². The first-order valence-corrected chi connectivity index (χ1v) is 6.39. The quantitative estimate of drug-likeness (QED) is 0.896. The lowest BCUT2D eigenvalue weighted by Crippen LogP contribution is -2.38. The number of anilines is 1. The largest absolute Gasteiger partial charge is 0.508 e. The second-order valence-electron chi connectivity index (χ2n) is 4.59. The Hall–Kier alpha value is -2.07. The molecule has 19 heavy (non-hydrogen) atoms. The van der Waals surface area contributed by atoms with Crippen LogP contribution in [-0.4, -0.2) is 29.8 Å². The Balaban J connectivity index is 1.78. The van der Waals surface area contributed by atoms with Crippen LogP contribution in [0.4, 0.5) is 5.82 Å². The fraction of sp³-hybridized carbons (Fsp3) is 0.267. The van der Waals surface area contributed by atoms with Crippen LogP contribution in [0.2, 0.25) is 0 Å². The third-order valence-electron chi connectivity index (χ3n) is 3.28. The van der Waals surface area contributed by atoms with Gasteiger partial charge in [-0.1, -0.05) is 18.2 Å². The van der Waals surface area contributed by atoms with Crippen molar-refractivity contribution < 1.29 is 9.84 Å². The molecule has 0 aliphatic carbocycles. The van der Waals surface area contributed by atoms with Gasteiger partial charge in [-0.2, -0.15) is 0 Å². The monoisotopic (exact) mass is 256 g/mol. The van der Waals surface area contributed by atoms with Gasteiger partial charge in [0.25, 0.3) is 0 Å². The van der Waals surface area contributed by atoms with Crippen LogP contribution >= 0.6 is 0 Å². The molecular formula is C15H16N2O2. The maximum Gasteiger partial charge on any atom is 0.128 e. The highest BCUT2D eigenvalue weighted by Gasteiger charge is 2.22. The first-order valence-electron chi connectivity index (χ1n) is 6.39. The number of morpholine rings is 1. The third-order valence-corrected chi connectivity index (χ3v) is 3.28. The lowest BCUT2D eigenvalue weighted by molar-refractivity contribution is 0.0394. The number of aromatic hydroxyl groups is 1. The minimum absolute atomic E-state index is 0.0251. The van der Waals surface area contributed by atoms with Crippen molar-refractivity contribution in [2.45, 2.75) is 6.10 Å². The average molecular weight is 256 g/mol. The Morgan fingerprint density at radius 1 is 1.21 bits per heavy atom. The Morgan fingerprint density at radius 2 is 2.16 bits per heavy atom. The van der Waals surface area contributed by atoms with E-state index in [2.05, 4.69) is 9.88 Å². The lowest BCUT2D eigenvalue weighted by atomic mass is 10.1. The van der Waals surface area contributed by atoms with Gasteiger partial charge in [0.15, 0.2) is 0 Å². The molecule has 3 rings (SSSR count). The van der Waals surface area contributed by atoms with Crippen LogP contribution in [0.3, 0.4) is 0 Å². The van der Waals surface area contributed by atoms with Gasteiger partial charge in [-0.25, -0.2) is 4.98 Å². The zero-order valence-electron chi connectivity index (χ0n) is 10.6. The van der Waals surface area contributed by atoms with E-state index >= 15 is 0 Å². The number of hydrogen-bond acceptors (Lipinski definition) is 4. The van der Waals surface area contributed by atoms with Crippen molar-refractivity contribution >= 4 is 5.82 Å². The molecule has 0 saturated carbocycles. The summed E-state index contributed by atoms with van der Waals surface area (Å²) < 4.78 is 5.79. The Bertz CT molecular complexity index is 545. The maximum atomic E-state index is 9.55. The van der Waals surface area contributed by atoms with Crippen molar-refractivity contribution in [1.29, 1.82) is 0 Å². The number of pyridine rings is 1. The van der Waals surface area contributed by atoms with Crippen LogP contribution in [0.5, 0.6) is 5.75 Å². The smallest absolute Gasteiger partial charge is 0.128 e. The highest BCUT2D eigenvalue weighted by Crippen LogP contribution is 2.26. The molecule has 1 aliphatic rings. The number of nitrogens with zero attached hydrogens (tertiary/aromatic N) is 2. The van der Waals surface area contributed by atoms with Gasteiger partial charge in [0.2, 0.25) is 0 Å². The molecule has 1 aromatic carbocycles. The van der Waals surface area contributed by atoms with Gasteiger partial charge < -0.3 is 14.7 Å². The van der Waals surface area contributed by atoms with Gasteiger partial charge in [0.1, 0.15) is 17.7 Å². The van der Waals surface area contributed by atoms with Crippen LogP contribution in [-0.2, 0) is 4.74 Å². The molecule has 0 amide bonds. The van der Waals surface area contributed by atoms with Crippen molar-refractivity contribution in [2.24, 2.45) is 0 Å². The van der Waals surface area contributed by atoms with Crippen LogP contribution in [0, 0.1) is 0 Å². The van der Waals surface area contributed by atoms with Gasteiger partial charge in [-0.05, 0) is 29.8 Å². The summed E-state index contributed by atoms with van der Waals surface area (Å²) in [5, 5.41) is 9.55. The molecule has 0 bridgehead atoms. The summed E-state index contributed by atoms with van der Waals surface area (Å²) in [5.41, 5.74) is 1.00. The molecule has 1 aliphatic heterocycles. The van der Waals surface area contributed by atoms with Crippen molar-refractivity contribution in [3.05, 3.63) is 54.2 Å². The van der Waals surface area contributed by atoms with Crippen molar-refractivity contribution in [3.63, 3.8) is 0 Å². The van der Waals surface area contributed by atoms with Gasteiger partial charge in [0.05, 0.1) is 6.61 Å². The summed E-state index contributed by atoms with van der Waals surface area (Å²) in [6, 6.07) is 13.2. The average Bonchev–Trinajstić information content (AvgIpc) is 2.48. The van der Waals surface area contributed by atoms with E-state index in [9.17, 15) is 5.11 Å². The fourth-order valence-electron chi connectivity index (χ4n) is 2.32. The second-order valence-corrected chi connectivity index (χ2v) is 4.59. The number of hydrogen-bond donors (Lipinski definition) is 1. The molecule has 2 heterocycles. The number of ether oxygens (including phenoxy) is 1. The molecule has 0 unspecified atom stereocenters. The Labute approximate surface area is 112 Å². The molecule has 4 heteroatoms. The number of benzene rings is 1. The molecule has 1 saturated heterocycles. The maximum absolute atomic E-state index is 9.55. The molecule has 1 fully saturated rings. The summed E-state index contributed by atoms with van der Waals surface area (Å²) in [6.45, 7) is 2.25. The molecule has 1 N–H and O–H groups in total. The van der Waals surface area contributed by atoms with Gasteiger partial charge >= 0.3 is 0 Å². The molecule has 2 aromatic rings. The molecule has 98 valence electrons. The van der Waals surface area contributed by atoms with Crippen molar-refractivity contribution in [3.8, 4) is 5.75 Å². The minimum Gasteiger partial charge on any atom is -0.508 e. The van der Waals surface area contributed by atoms with E-state index in [0.29, 0.717) is 6.61 Å². The Kier molecular flexibility index (Phi) is 3.33. The molecule has 0 radical (unpaired) electrons. The number of phenolic OH excluding ortho intramolecular Hbond substituents is 1. The van der Waals surface area contributed by atoms with E-state index < -0.39 is 0 Å². The highest BCUT2D eigenvalue weighted by atomic mass is 16.5. The van der Waals surface area contributed by atoms with E-state index in [1.807, 2.05) is 30.3 Å². The van der Waals surface area contributed by atoms with Gasteiger partial charge in [0, 0.05) is 19.3 Å². The van der Waals surface area contributed by atoms with E-state index in [1.54, 1.807) is 18.3 Å². The zero-order chi connectivity index (χ0) is 13.1. The number of rotatable bonds is 2. The SMILES string of the molecule is Oc1cccc([C@@H]2CN(c3ccccn3)CCO2)c1.